The van der Waals surface area contributed by atoms with Crippen LogP contribution in [0.1, 0.15) is 39.0 Å². The highest BCUT2D eigenvalue weighted by Gasteiger charge is 2.29. The predicted octanol–water partition coefficient (Wildman–Crippen LogP) is 4.24. The van der Waals surface area contributed by atoms with Crippen molar-refractivity contribution in [2.75, 3.05) is 19.5 Å². The molecule has 0 atom stereocenters. The number of benzene rings is 1. The Kier molecular flexibility index (Phi) is 6.47. The van der Waals surface area contributed by atoms with Gasteiger partial charge in [-0.05, 0) is 50.1 Å². The average Bonchev–Trinajstić information content (AvgIpc) is 3.23. The summed E-state index contributed by atoms with van der Waals surface area (Å²) in [6.45, 7) is 5.43. The van der Waals surface area contributed by atoms with Crippen LogP contribution in [0.4, 0.5) is 5.82 Å². The number of carbonyl (C=O) groups is 1. The fourth-order valence-electron chi connectivity index (χ4n) is 4.15. The van der Waals surface area contributed by atoms with Gasteiger partial charge in [0.2, 0.25) is 0 Å². The van der Waals surface area contributed by atoms with Crippen molar-refractivity contribution in [3.8, 4) is 34.7 Å². The molecule has 4 rings (SSSR count). The molecule has 0 saturated heterocycles. The zero-order chi connectivity index (χ0) is 26.1. The maximum absolute atomic E-state index is 13.8. The molecule has 0 amide bonds. The minimum Gasteiger partial charge on any atom is -0.497 e. The number of hydrogen-bond acceptors (Lipinski definition) is 9. The van der Waals surface area contributed by atoms with Gasteiger partial charge in [-0.1, -0.05) is 12.1 Å². The zero-order valence-corrected chi connectivity index (χ0v) is 20.8. The Morgan fingerprint density at radius 1 is 1.17 bits per heavy atom. The molecule has 180 valence electrons. The molecule has 0 bridgehead atoms. The molecule has 36 heavy (non-hydrogen) atoms. The van der Waals surface area contributed by atoms with Crippen LogP contribution in [0.5, 0.6) is 5.75 Å². The number of rotatable bonds is 5. The maximum Gasteiger partial charge on any atom is 0.350 e. The van der Waals surface area contributed by atoms with Gasteiger partial charge < -0.3 is 15.2 Å². The van der Waals surface area contributed by atoms with E-state index >= 15 is 0 Å². The third-order valence-corrected chi connectivity index (χ3v) is 6.72. The number of nitrogen functional groups attached to an aromatic ring is 1. The number of thiophene rings is 1. The largest absolute Gasteiger partial charge is 0.497 e. The first-order valence-electron chi connectivity index (χ1n) is 10.9. The minimum absolute atomic E-state index is 0.0665. The molecule has 3 heterocycles. The van der Waals surface area contributed by atoms with Crippen molar-refractivity contribution in [1.82, 2.24) is 9.55 Å². The summed E-state index contributed by atoms with van der Waals surface area (Å²) in [6.07, 6.45) is 0. The first-order valence-corrected chi connectivity index (χ1v) is 11.7. The summed E-state index contributed by atoms with van der Waals surface area (Å²) < 4.78 is 11.5. The number of hydrogen-bond donors (Lipinski definition) is 1. The lowest BCUT2D eigenvalue weighted by Gasteiger charge is -2.17. The van der Waals surface area contributed by atoms with Crippen molar-refractivity contribution < 1.29 is 14.3 Å². The number of methoxy groups -OCH3 is 1. The molecule has 0 saturated carbocycles. The van der Waals surface area contributed by atoms with Gasteiger partial charge in [-0.3, -0.25) is 9.36 Å². The molecule has 0 aliphatic carbocycles. The number of anilines is 1. The Balaban J connectivity index is 2.16. The van der Waals surface area contributed by atoms with Gasteiger partial charge in [0.25, 0.3) is 5.56 Å². The van der Waals surface area contributed by atoms with E-state index in [9.17, 15) is 20.1 Å². The molecule has 0 aliphatic heterocycles. The normalized spacial score (nSPS) is 10.6. The number of nitrogens with zero attached hydrogens (tertiary/aromatic N) is 4. The Hall–Kier alpha value is -4.67. The van der Waals surface area contributed by atoms with E-state index in [0.717, 1.165) is 27.2 Å². The summed E-state index contributed by atoms with van der Waals surface area (Å²) in [5.74, 6) is -0.285. The fraction of sp³-hybridized carbons (Fsp3) is 0.192. The van der Waals surface area contributed by atoms with Crippen molar-refractivity contribution in [3.05, 3.63) is 67.9 Å². The molecular formula is C26H21N5O4S. The molecule has 3 aromatic heterocycles. The molecule has 0 unspecified atom stereocenters. The molecule has 0 radical (unpaired) electrons. The zero-order valence-electron chi connectivity index (χ0n) is 20.0. The van der Waals surface area contributed by atoms with Crippen LogP contribution in [0, 0.1) is 36.5 Å². The lowest BCUT2D eigenvalue weighted by molar-refractivity contribution is 0.0532. The molecular weight excluding hydrogens is 478 g/mol. The Labute approximate surface area is 210 Å². The molecule has 0 fully saturated rings. The van der Waals surface area contributed by atoms with E-state index in [2.05, 4.69) is 4.98 Å². The smallest absolute Gasteiger partial charge is 0.350 e. The monoisotopic (exact) mass is 499 g/mol. The first kappa shape index (κ1) is 24.5. The minimum atomic E-state index is -0.759. The average molecular weight is 500 g/mol. The number of nitrogens with two attached hydrogens (primary N) is 1. The number of esters is 1. The lowest BCUT2D eigenvalue weighted by Crippen LogP contribution is -2.27. The quantitative estimate of drug-likeness (QED) is 0.402. The van der Waals surface area contributed by atoms with Crippen LogP contribution < -0.4 is 16.0 Å². The van der Waals surface area contributed by atoms with Crippen molar-refractivity contribution >= 4 is 33.3 Å². The van der Waals surface area contributed by atoms with Crippen LogP contribution >= 0.6 is 11.3 Å². The Morgan fingerprint density at radius 2 is 1.83 bits per heavy atom. The van der Waals surface area contributed by atoms with Crippen molar-refractivity contribution in [2.24, 2.45) is 0 Å². The van der Waals surface area contributed by atoms with Gasteiger partial charge >= 0.3 is 5.97 Å². The third-order valence-electron chi connectivity index (χ3n) is 5.66. The lowest BCUT2D eigenvalue weighted by atomic mass is 9.96. The number of aryl methyl sites for hydroxylation is 2. The van der Waals surface area contributed by atoms with Gasteiger partial charge in [0.1, 0.15) is 44.5 Å². The molecule has 1 aromatic carbocycles. The van der Waals surface area contributed by atoms with Crippen LogP contribution in [0.3, 0.4) is 0 Å². The van der Waals surface area contributed by atoms with Gasteiger partial charge in [0.15, 0.2) is 0 Å². The standard InChI is InChI=1S/C26H21N5O4S/c1-5-35-26(33)22-21(19-13(2)10-14(3)30-24(19)36-22)31-23(29)17(11-27)20(18(12-28)25(31)32)15-6-8-16(34-4)9-7-15/h6-10H,5,29H2,1-4H3. The summed E-state index contributed by atoms with van der Waals surface area (Å²) in [5.41, 5.74) is 7.55. The van der Waals surface area contributed by atoms with E-state index in [1.807, 2.05) is 32.1 Å². The fourth-order valence-corrected chi connectivity index (χ4v) is 5.32. The maximum atomic E-state index is 13.8. The van der Waals surface area contributed by atoms with Crippen LogP contribution in [-0.4, -0.2) is 29.2 Å². The van der Waals surface area contributed by atoms with Gasteiger partial charge in [0.05, 0.1) is 19.4 Å². The molecule has 0 spiro atoms. The summed E-state index contributed by atoms with van der Waals surface area (Å²) in [6, 6.07) is 12.4. The number of aromatic nitrogens is 2. The van der Waals surface area contributed by atoms with Crippen LogP contribution in [-0.2, 0) is 4.74 Å². The van der Waals surface area contributed by atoms with Gasteiger partial charge in [-0.2, -0.15) is 10.5 Å². The van der Waals surface area contributed by atoms with E-state index in [0.29, 0.717) is 21.5 Å². The van der Waals surface area contributed by atoms with E-state index < -0.39 is 11.5 Å². The SMILES string of the molecule is CCOC(=O)c1sc2nc(C)cc(C)c2c1-n1c(N)c(C#N)c(-c2ccc(OC)cc2)c(C#N)c1=O. The summed E-state index contributed by atoms with van der Waals surface area (Å²) >= 11 is 1.06. The van der Waals surface area contributed by atoms with Crippen LogP contribution in [0.2, 0.25) is 0 Å². The number of fused-ring (bicyclic) bond motifs is 1. The number of pyridine rings is 2. The topological polar surface area (TPSA) is 144 Å². The number of ether oxygens (including phenoxy) is 2. The van der Waals surface area contributed by atoms with Crippen LogP contribution in [0.25, 0.3) is 27.0 Å². The second-order valence-electron chi connectivity index (χ2n) is 7.86. The Bertz CT molecular complexity index is 1670. The van der Waals surface area contributed by atoms with E-state index in [1.54, 1.807) is 31.2 Å². The van der Waals surface area contributed by atoms with Crippen molar-refractivity contribution in [1.29, 1.82) is 10.5 Å². The van der Waals surface area contributed by atoms with Gasteiger partial charge in [-0.15, -0.1) is 11.3 Å². The molecule has 9 nitrogen and oxygen atoms in total. The molecule has 0 aliphatic rings. The highest BCUT2D eigenvalue weighted by atomic mass is 32.1. The Morgan fingerprint density at radius 3 is 2.42 bits per heavy atom. The third kappa shape index (κ3) is 3.84. The molecule has 4 aromatic rings. The van der Waals surface area contributed by atoms with Gasteiger partial charge in [0, 0.05) is 16.6 Å². The summed E-state index contributed by atoms with van der Waals surface area (Å²) in [7, 11) is 1.51. The second-order valence-corrected chi connectivity index (χ2v) is 8.86. The second kappa shape index (κ2) is 9.53. The number of nitriles is 2. The summed E-state index contributed by atoms with van der Waals surface area (Å²) in [4.78, 5) is 31.9. The number of carbonyl (C=O) groups excluding carboxylic acids is 1. The molecule has 10 heteroatoms. The highest BCUT2D eigenvalue weighted by molar-refractivity contribution is 7.21. The highest BCUT2D eigenvalue weighted by Crippen LogP contribution is 2.39. The van der Waals surface area contributed by atoms with Crippen molar-refractivity contribution in [2.45, 2.75) is 20.8 Å². The van der Waals surface area contributed by atoms with E-state index in [-0.39, 0.29) is 39.7 Å². The molecule has 2 N–H and O–H groups in total. The predicted molar refractivity (Wildman–Crippen MR) is 136 cm³/mol. The van der Waals surface area contributed by atoms with Crippen LogP contribution in [0.15, 0.2) is 35.1 Å². The van der Waals surface area contributed by atoms with Crippen molar-refractivity contribution in [3.63, 3.8) is 0 Å². The van der Waals surface area contributed by atoms with E-state index in [4.69, 9.17) is 15.2 Å². The summed E-state index contributed by atoms with van der Waals surface area (Å²) in [5, 5.41) is 20.6. The van der Waals surface area contributed by atoms with E-state index in [1.165, 1.54) is 7.11 Å². The van der Waals surface area contributed by atoms with Gasteiger partial charge in [-0.25, -0.2) is 9.78 Å². The first-order chi connectivity index (χ1) is 17.3.